The lowest BCUT2D eigenvalue weighted by Crippen LogP contribution is -2.39. The number of aryl methyl sites for hydroxylation is 1. The van der Waals surface area contributed by atoms with Gasteiger partial charge in [0.25, 0.3) is 0 Å². The van der Waals surface area contributed by atoms with Crippen molar-refractivity contribution in [2.24, 2.45) is 18.9 Å². The molecule has 1 aromatic heterocycles. The number of fused-ring (bicyclic) bond motifs is 1. The smallest absolute Gasteiger partial charge is 0.105 e. The normalized spacial score (nSPS) is 26.8. The van der Waals surface area contributed by atoms with Crippen LogP contribution >= 0.6 is 0 Å². The second-order valence-electron chi connectivity index (χ2n) is 6.73. The molecular weight excluding hydrogens is 252 g/mol. The van der Waals surface area contributed by atoms with Gasteiger partial charge in [0, 0.05) is 33.2 Å². The lowest BCUT2D eigenvalue weighted by Gasteiger charge is -2.34. The molecule has 0 radical (unpaired) electrons. The van der Waals surface area contributed by atoms with Crippen LogP contribution in [0.5, 0.6) is 0 Å². The highest BCUT2D eigenvalue weighted by Gasteiger charge is 2.35. The van der Waals surface area contributed by atoms with Crippen molar-refractivity contribution in [3.05, 3.63) is 11.4 Å². The van der Waals surface area contributed by atoms with Crippen molar-refractivity contribution >= 4 is 0 Å². The molecule has 2 fully saturated rings. The lowest BCUT2D eigenvalue weighted by molar-refractivity contribution is 0.0440. The zero-order valence-corrected chi connectivity index (χ0v) is 12.3. The van der Waals surface area contributed by atoms with Gasteiger partial charge >= 0.3 is 0 Å². The molecule has 0 aromatic carbocycles. The molecule has 0 N–H and O–H groups in total. The molecule has 20 heavy (non-hydrogen) atoms. The van der Waals surface area contributed by atoms with E-state index in [1.165, 1.54) is 37.9 Å². The minimum absolute atomic E-state index is 0.326. The molecule has 2 aliphatic carbocycles. The molecule has 0 unspecified atom stereocenters. The van der Waals surface area contributed by atoms with E-state index in [0.29, 0.717) is 6.04 Å². The van der Waals surface area contributed by atoms with E-state index in [4.69, 9.17) is 4.74 Å². The summed E-state index contributed by atoms with van der Waals surface area (Å²) in [5.41, 5.74) is 2.47. The molecule has 1 aromatic rings. The summed E-state index contributed by atoms with van der Waals surface area (Å²) in [6.45, 7) is 4.06. The third-order valence-electron chi connectivity index (χ3n) is 4.88. The predicted molar refractivity (Wildman–Crippen MR) is 75.3 cm³/mol. The van der Waals surface area contributed by atoms with Crippen molar-refractivity contribution in [3.63, 3.8) is 0 Å². The first-order valence-corrected chi connectivity index (χ1v) is 8.01. The Bertz CT molecular complexity index is 478. The second kappa shape index (κ2) is 5.11. The van der Waals surface area contributed by atoms with E-state index < -0.39 is 0 Å². The molecule has 3 aliphatic rings. The molecule has 1 atom stereocenters. The minimum atomic E-state index is 0.326. The first kappa shape index (κ1) is 12.8. The maximum absolute atomic E-state index is 5.98. The molecule has 5 heteroatoms. The largest absolute Gasteiger partial charge is 0.379 e. The highest BCUT2D eigenvalue weighted by molar-refractivity contribution is 5.19. The number of hydrogen-bond donors (Lipinski definition) is 0. The summed E-state index contributed by atoms with van der Waals surface area (Å²) >= 11 is 0. The van der Waals surface area contributed by atoms with Gasteiger partial charge in [-0.05, 0) is 37.5 Å². The number of ether oxygens (including phenoxy) is 1. The average Bonchev–Trinajstić information content (AvgIpc) is 3.34. The fourth-order valence-corrected chi connectivity index (χ4v) is 3.19. The molecule has 110 valence electrons. The van der Waals surface area contributed by atoms with Crippen molar-refractivity contribution in [2.75, 3.05) is 26.3 Å². The Balaban J connectivity index is 1.47. The highest BCUT2D eigenvalue weighted by Crippen LogP contribution is 2.36. The first-order chi connectivity index (χ1) is 9.81. The maximum atomic E-state index is 5.98. The maximum Gasteiger partial charge on any atom is 0.105 e. The molecular formula is C15H24N4O. The summed E-state index contributed by atoms with van der Waals surface area (Å²) in [6, 6.07) is 0.326. The van der Waals surface area contributed by atoms with Gasteiger partial charge in [-0.25, -0.2) is 0 Å². The lowest BCUT2D eigenvalue weighted by atomic mass is 10.0. The van der Waals surface area contributed by atoms with Crippen LogP contribution in [0.15, 0.2) is 0 Å². The van der Waals surface area contributed by atoms with Gasteiger partial charge < -0.3 is 4.74 Å². The van der Waals surface area contributed by atoms with Gasteiger partial charge in [-0.1, -0.05) is 5.21 Å². The summed E-state index contributed by atoms with van der Waals surface area (Å²) in [4.78, 5) is 2.58. The Hall–Kier alpha value is -0.940. The van der Waals surface area contributed by atoms with Crippen LogP contribution in [0.2, 0.25) is 0 Å². The first-order valence-electron chi connectivity index (χ1n) is 8.01. The fourth-order valence-electron chi connectivity index (χ4n) is 3.19. The van der Waals surface area contributed by atoms with Gasteiger partial charge in [-0.2, -0.15) is 0 Å². The molecule has 0 amide bonds. The Morgan fingerprint density at radius 2 is 1.95 bits per heavy atom. The van der Waals surface area contributed by atoms with Crippen LogP contribution in [-0.2, 0) is 18.2 Å². The standard InChI is InChI=1S/C15H24N4O/c1-18-13-6-7-19(8-11-2-3-11)14(15(13)16-17-18)10-20-9-12-4-5-12/h11-12,14H,2-10H2,1H3/t14-/m0/s1. The van der Waals surface area contributed by atoms with Crippen LogP contribution in [0, 0.1) is 11.8 Å². The van der Waals surface area contributed by atoms with Gasteiger partial charge in [-0.3, -0.25) is 9.58 Å². The van der Waals surface area contributed by atoms with Gasteiger partial charge in [0.1, 0.15) is 5.69 Å². The minimum Gasteiger partial charge on any atom is -0.379 e. The Morgan fingerprint density at radius 3 is 2.70 bits per heavy atom. The average molecular weight is 276 g/mol. The van der Waals surface area contributed by atoms with Crippen molar-refractivity contribution in [3.8, 4) is 0 Å². The Kier molecular flexibility index (Phi) is 3.27. The molecule has 5 nitrogen and oxygen atoms in total. The van der Waals surface area contributed by atoms with E-state index in [1.54, 1.807) is 0 Å². The molecule has 0 spiro atoms. The van der Waals surface area contributed by atoms with E-state index in [2.05, 4.69) is 15.2 Å². The third kappa shape index (κ3) is 2.61. The van der Waals surface area contributed by atoms with E-state index in [9.17, 15) is 0 Å². The zero-order chi connectivity index (χ0) is 13.5. The van der Waals surface area contributed by atoms with Crippen LogP contribution < -0.4 is 0 Å². The number of aromatic nitrogens is 3. The van der Waals surface area contributed by atoms with E-state index in [0.717, 1.165) is 43.7 Å². The van der Waals surface area contributed by atoms with Gasteiger partial charge in [0.05, 0.1) is 18.3 Å². The summed E-state index contributed by atoms with van der Waals surface area (Å²) < 4.78 is 7.92. The Morgan fingerprint density at radius 1 is 1.15 bits per heavy atom. The van der Waals surface area contributed by atoms with E-state index >= 15 is 0 Å². The van der Waals surface area contributed by atoms with E-state index in [1.807, 2.05) is 11.7 Å². The summed E-state index contributed by atoms with van der Waals surface area (Å²) in [5, 5.41) is 8.64. The third-order valence-corrected chi connectivity index (χ3v) is 4.88. The van der Waals surface area contributed by atoms with Crippen LogP contribution in [-0.4, -0.2) is 46.2 Å². The predicted octanol–water partition coefficient (Wildman–Crippen LogP) is 1.55. The van der Waals surface area contributed by atoms with Crippen molar-refractivity contribution < 1.29 is 4.74 Å². The Labute approximate surface area is 120 Å². The van der Waals surface area contributed by atoms with Gasteiger partial charge in [0.2, 0.25) is 0 Å². The number of rotatable bonds is 6. The molecule has 0 saturated heterocycles. The van der Waals surface area contributed by atoms with Crippen LogP contribution in [0.1, 0.15) is 43.1 Å². The van der Waals surface area contributed by atoms with Gasteiger partial charge in [0.15, 0.2) is 0 Å². The molecule has 4 rings (SSSR count). The molecule has 1 aliphatic heterocycles. The summed E-state index contributed by atoms with van der Waals surface area (Å²) in [6.07, 6.45) is 6.59. The van der Waals surface area contributed by atoms with Crippen LogP contribution in [0.3, 0.4) is 0 Å². The molecule has 2 heterocycles. The topological polar surface area (TPSA) is 43.2 Å². The zero-order valence-electron chi connectivity index (χ0n) is 12.3. The van der Waals surface area contributed by atoms with E-state index in [-0.39, 0.29) is 0 Å². The van der Waals surface area contributed by atoms with Crippen LogP contribution in [0.4, 0.5) is 0 Å². The quantitative estimate of drug-likeness (QED) is 0.790. The van der Waals surface area contributed by atoms with Crippen molar-refractivity contribution in [1.29, 1.82) is 0 Å². The SMILES string of the molecule is Cn1nnc2c1CCN(CC1CC1)[C@H]2COCC1CC1. The molecule has 0 bridgehead atoms. The molecule has 2 saturated carbocycles. The highest BCUT2D eigenvalue weighted by atomic mass is 16.5. The summed E-state index contributed by atoms with van der Waals surface area (Å²) in [7, 11) is 2.00. The fraction of sp³-hybridized carbons (Fsp3) is 0.867. The number of hydrogen-bond acceptors (Lipinski definition) is 4. The van der Waals surface area contributed by atoms with Gasteiger partial charge in [-0.15, -0.1) is 5.10 Å². The van der Waals surface area contributed by atoms with Crippen molar-refractivity contribution in [1.82, 2.24) is 19.9 Å². The second-order valence-corrected chi connectivity index (χ2v) is 6.73. The number of nitrogens with zero attached hydrogens (tertiary/aromatic N) is 4. The van der Waals surface area contributed by atoms with Crippen molar-refractivity contribution in [2.45, 2.75) is 38.1 Å². The monoisotopic (exact) mass is 276 g/mol. The summed E-state index contributed by atoms with van der Waals surface area (Å²) in [5.74, 6) is 1.75. The van der Waals surface area contributed by atoms with Crippen LogP contribution in [0.25, 0.3) is 0 Å².